The van der Waals surface area contributed by atoms with E-state index in [1.54, 1.807) is 7.11 Å². The average Bonchev–Trinajstić information content (AvgIpc) is 2.20. The summed E-state index contributed by atoms with van der Waals surface area (Å²) in [6.45, 7) is 3.78. The Kier molecular flexibility index (Phi) is 4.46. The molecule has 0 amide bonds. The van der Waals surface area contributed by atoms with Gasteiger partial charge in [0.1, 0.15) is 5.60 Å². The van der Waals surface area contributed by atoms with Crippen molar-refractivity contribution >= 4 is 0 Å². The van der Waals surface area contributed by atoms with E-state index in [-0.39, 0.29) is 5.60 Å². The number of hydrogen-bond acceptors (Lipinski definition) is 2. The summed E-state index contributed by atoms with van der Waals surface area (Å²) < 4.78 is 10.9. The summed E-state index contributed by atoms with van der Waals surface area (Å²) in [6, 6.07) is 0. The molecule has 0 N–H and O–H groups in total. The number of rotatable bonds is 4. The normalized spacial score (nSPS) is 29.7. The molecular formula is C11H20O2. The summed E-state index contributed by atoms with van der Waals surface area (Å²) in [7, 11) is 1.77. The van der Waals surface area contributed by atoms with Crippen LogP contribution in [0.25, 0.3) is 0 Å². The molecule has 1 fully saturated rings. The lowest BCUT2D eigenvalue weighted by atomic mass is 9.95. The molecule has 0 unspecified atom stereocenters. The second kappa shape index (κ2) is 5.40. The van der Waals surface area contributed by atoms with E-state index in [1.165, 1.54) is 6.42 Å². The van der Waals surface area contributed by atoms with Crippen LogP contribution in [0.1, 0.15) is 32.6 Å². The first-order valence-corrected chi connectivity index (χ1v) is 5.13. The van der Waals surface area contributed by atoms with Crippen LogP contribution in [-0.2, 0) is 9.47 Å². The minimum Gasteiger partial charge on any atom is -0.378 e. The van der Waals surface area contributed by atoms with Gasteiger partial charge in [-0.05, 0) is 19.3 Å². The van der Waals surface area contributed by atoms with E-state index in [4.69, 9.17) is 9.47 Å². The minimum absolute atomic E-state index is 0.132. The predicted molar refractivity (Wildman–Crippen MR) is 53.8 cm³/mol. The Hall–Kier alpha value is -0.340. The summed E-state index contributed by atoms with van der Waals surface area (Å²) in [5.41, 5.74) is -0.132. The van der Waals surface area contributed by atoms with Crippen molar-refractivity contribution in [2.75, 3.05) is 20.3 Å². The third-order valence-corrected chi connectivity index (χ3v) is 2.52. The van der Waals surface area contributed by atoms with E-state index in [9.17, 15) is 0 Å². The van der Waals surface area contributed by atoms with E-state index < -0.39 is 0 Å². The van der Waals surface area contributed by atoms with Crippen LogP contribution in [0.4, 0.5) is 0 Å². The molecule has 1 saturated heterocycles. The van der Waals surface area contributed by atoms with E-state index >= 15 is 0 Å². The number of ether oxygens (including phenoxy) is 2. The average molecular weight is 184 g/mol. The molecule has 1 aliphatic heterocycles. The molecule has 1 aliphatic rings. The maximum absolute atomic E-state index is 5.51. The first-order valence-electron chi connectivity index (χ1n) is 5.13. The molecule has 0 spiro atoms. The highest BCUT2D eigenvalue weighted by atomic mass is 16.5. The van der Waals surface area contributed by atoms with Crippen LogP contribution in [0.3, 0.4) is 0 Å². The molecular weight excluding hydrogens is 164 g/mol. The number of methoxy groups -OCH3 is 1. The Labute approximate surface area is 80.9 Å². The quantitative estimate of drug-likeness (QED) is 0.625. The zero-order chi connectivity index (χ0) is 9.57. The van der Waals surface area contributed by atoms with Gasteiger partial charge in [-0.25, -0.2) is 0 Å². The van der Waals surface area contributed by atoms with Crippen LogP contribution in [0.15, 0.2) is 12.2 Å². The highest BCUT2D eigenvalue weighted by molar-refractivity contribution is 5.03. The van der Waals surface area contributed by atoms with Gasteiger partial charge in [0, 0.05) is 13.7 Å². The van der Waals surface area contributed by atoms with Crippen molar-refractivity contribution in [3.05, 3.63) is 12.2 Å². The van der Waals surface area contributed by atoms with Crippen LogP contribution in [0.2, 0.25) is 0 Å². The molecule has 0 aliphatic carbocycles. The second-order valence-corrected chi connectivity index (χ2v) is 3.62. The molecule has 1 rings (SSSR count). The van der Waals surface area contributed by atoms with Crippen molar-refractivity contribution < 1.29 is 9.47 Å². The predicted octanol–water partition coefficient (Wildman–Crippen LogP) is 2.54. The van der Waals surface area contributed by atoms with Crippen molar-refractivity contribution in [3.8, 4) is 0 Å². The van der Waals surface area contributed by atoms with Crippen LogP contribution in [-0.4, -0.2) is 25.9 Å². The number of allylic oxidation sites excluding steroid dienone is 1. The van der Waals surface area contributed by atoms with E-state index in [2.05, 4.69) is 19.1 Å². The molecule has 2 heteroatoms. The lowest BCUT2D eigenvalue weighted by Gasteiger charge is -2.32. The molecule has 1 heterocycles. The van der Waals surface area contributed by atoms with Gasteiger partial charge in [-0.2, -0.15) is 0 Å². The summed E-state index contributed by atoms with van der Waals surface area (Å²) in [5, 5.41) is 0. The van der Waals surface area contributed by atoms with Gasteiger partial charge in [0.15, 0.2) is 0 Å². The molecule has 0 radical (unpaired) electrons. The molecule has 13 heavy (non-hydrogen) atoms. The fraction of sp³-hybridized carbons (Fsp3) is 0.818. The van der Waals surface area contributed by atoms with Gasteiger partial charge in [0.25, 0.3) is 0 Å². The van der Waals surface area contributed by atoms with Crippen LogP contribution in [0, 0.1) is 0 Å². The number of hydrogen-bond donors (Lipinski definition) is 0. The Morgan fingerprint density at radius 3 is 2.92 bits per heavy atom. The Balaban J connectivity index is 2.47. The first-order chi connectivity index (χ1) is 6.33. The molecule has 76 valence electrons. The molecule has 0 aromatic carbocycles. The van der Waals surface area contributed by atoms with Gasteiger partial charge in [-0.1, -0.05) is 25.5 Å². The van der Waals surface area contributed by atoms with Crippen LogP contribution < -0.4 is 0 Å². The largest absolute Gasteiger partial charge is 0.378 e. The van der Waals surface area contributed by atoms with E-state index in [0.717, 1.165) is 25.9 Å². The Morgan fingerprint density at radius 1 is 1.54 bits per heavy atom. The third kappa shape index (κ3) is 3.12. The van der Waals surface area contributed by atoms with E-state index in [1.807, 2.05) is 0 Å². The minimum atomic E-state index is -0.132. The smallest absolute Gasteiger partial charge is 0.109 e. The fourth-order valence-corrected chi connectivity index (χ4v) is 1.62. The molecule has 2 nitrogen and oxygen atoms in total. The Bertz CT molecular complexity index is 157. The van der Waals surface area contributed by atoms with Crippen LogP contribution in [0.5, 0.6) is 0 Å². The van der Waals surface area contributed by atoms with Crippen molar-refractivity contribution in [2.24, 2.45) is 0 Å². The number of unbranched alkanes of at least 4 members (excludes halogenated alkanes) is 1. The molecule has 0 bridgehead atoms. The zero-order valence-corrected chi connectivity index (χ0v) is 8.71. The van der Waals surface area contributed by atoms with Crippen LogP contribution >= 0.6 is 0 Å². The van der Waals surface area contributed by atoms with Crippen molar-refractivity contribution in [1.82, 2.24) is 0 Å². The molecule has 1 atom stereocenters. The van der Waals surface area contributed by atoms with Gasteiger partial charge in [0.05, 0.1) is 6.61 Å². The van der Waals surface area contributed by atoms with Gasteiger partial charge in [0.2, 0.25) is 0 Å². The second-order valence-electron chi connectivity index (χ2n) is 3.62. The van der Waals surface area contributed by atoms with Crippen molar-refractivity contribution in [2.45, 2.75) is 38.2 Å². The molecule has 0 saturated carbocycles. The molecule has 0 aromatic rings. The fourth-order valence-electron chi connectivity index (χ4n) is 1.62. The monoisotopic (exact) mass is 184 g/mol. The lowest BCUT2D eigenvalue weighted by Crippen LogP contribution is -2.38. The first kappa shape index (κ1) is 10.7. The topological polar surface area (TPSA) is 18.5 Å². The lowest BCUT2D eigenvalue weighted by molar-refractivity contribution is -0.0789. The highest BCUT2D eigenvalue weighted by Crippen LogP contribution is 2.24. The standard InChI is InChI=1S/C11H20O2/c1-3-4-5-7-11(12-2)8-6-9-13-10-11/h5,7H,3-4,6,8-10H2,1-2H3/t11-/m1/s1. The zero-order valence-electron chi connectivity index (χ0n) is 8.71. The van der Waals surface area contributed by atoms with Gasteiger partial charge in [-0.3, -0.25) is 0 Å². The van der Waals surface area contributed by atoms with E-state index in [0.29, 0.717) is 6.61 Å². The third-order valence-electron chi connectivity index (χ3n) is 2.52. The SMILES string of the molecule is CCCC=C[C@@]1(OC)CCCOC1. The maximum Gasteiger partial charge on any atom is 0.109 e. The van der Waals surface area contributed by atoms with Gasteiger partial charge in [-0.15, -0.1) is 0 Å². The highest BCUT2D eigenvalue weighted by Gasteiger charge is 2.29. The van der Waals surface area contributed by atoms with Gasteiger partial charge >= 0.3 is 0 Å². The summed E-state index contributed by atoms with van der Waals surface area (Å²) in [4.78, 5) is 0. The summed E-state index contributed by atoms with van der Waals surface area (Å²) in [6.07, 6.45) is 8.89. The maximum atomic E-state index is 5.51. The van der Waals surface area contributed by atoms with Gasteiger partial charge < -0.3 is 9.47 Å². The van der Waals surface area contributed by atoms with Crippen molar-refractivity contribution in [1.29, 1.82) is 0 Å². The van der Waals surface area contributed by atoms with Crippen molar-refractivity contribution in [3.63, 3.8) is 0 Å². The summed E-state index contributed by atoms with van der Waals surface area (Å²) in [5.74, 6) is 0. The summed E-state index contributed by atoms with van der Waals surface area (Å²) >= 11 is 0. The Morgan fingerprint density at radius 2 is 2.38 bits per heavy atom. The molecule has 0 aromatic heterocycles.